The fourth-order valence-electron chi connectivity index (χ4n) is 2.81. The van der Waals surface area contributed by atoms with Crippen molar-refractivity contribution in [1.29, 1.82) is 0 Å². The van der Waals surface area contributed by atoms with E-state index >= 15 is 0 Å². The Kier molecular flexibility index (Phi) is 5.24. The van der Waals surface area contributed by atoms with Crippen LogP contribution in [0, 0.1) is 0 Å². The summed E-state index contributed by atoms with van der Waals surface area (Å²) in [5, 5.41) is 3.42. The van der Waals surface area contributed by atoms with Gasteiger partial charge in [0.2, 0.25) is 8.32 Å². The van der Waals surface area contributed by atoms with Gasteiger partial charge in [-0.2, -0.15) is 0 Å². The van der Waals surface area contributed by atoms with Crippen molar-refractivity contribution in [3.63, 3.8) is 0 Å². The summed E-state index contributed by atoms with van der Waals surface area (Å²) in [4.78, 5) is 2.59. The average Bonchev–Trinajstić information content (AvgIpc) is 2.41. The predicted octanol–water partition coefficient (Wildman–Crippen LogP) is 3.26. The van der Waals surface area contributed by atoms with Crippen molar-refractivity contribution in [2.75, 3.05) is 26.2 Å². The van der Waals surface area contributed by atoms with Crippen LogP contribution in [-0.2, 0) is 0 Å². The number of hydrogen-bond acceptors (Lipinski definition) is 3. The molecule has 0 amide bonds. The predicted molar refractivity (Wildman–Crippen MR) is 87.9 cm³/mol. The second-order valence-electron chi connectivity index (χ2n) is 6.49. The van der Waals surface area contributed by atoms with Crippen LogP contribution in [0.1, 0.15) is 24.9 Å². The monoisotopic (exact) mass is 292 g/mol. The maximum absolute atomic E-state index is 6.03. The molecule has 2 rings (SSSR count). The molecule has 4 heteroatoms. The topological polar surface area (TPSA) is 24.5 Å². The van der Waals surface area contributed by atoms with Gasteiger partial charge < -0.3 is 9.74 Å². The quantitative estimate of drug-likeness (QED) is 0.843. The van der Waals surface area contributed by atoms with Crippen LogP contribution in [0.2, 0.25) is 19.6 Å². The zero-order valence-corrected chi connectivity index (χ0v) is 14.3. The van der Waals surface area contributed by atoms with Gasteiger partial charge in [-0.25, -0.2) is 0 Å². The number of benzene rings is 1. The lowest BCUT2D eigenvalue weighted by Gasteiger charge is -2.34. The molecule has 0 saturated carbocycles. The van der Waals surface area contributed by atoms with Crippen molar-refractivity contribution in [3.05, 3.63) is 29.8 Å². The molecule has 1 atom stereocenters. The molecule has 1 aliphatic heterocycles. The van der Waals surface area contributed by atoms with Crippen LogP contribution in [0.3, 0.4) is 0 Å². The van der Waals surface area contributed by atoms with E-state index in [0.29, 0.717) is 6.04 Å². The van der Waals surface area contributed by atoms with Crippen LogP contribution < -0.4 is 9.74 Å². The lowest BCUT2D eigenvalue weighted by atomic mass is 10.0. The lowest BCUT2D eigenvalue weighted by molar-refractivity contribution is 0.169. The molecular weight excluding hydrogens is 264 g/mol. The van der Waals surface area contributed by atoms with Gasteiger partial charge in [0.15, 0.2) is 0 Å². The van der Waals surface area contributed by atoms with Crippen molar-refractivity contribution in [1.82, 2.24) is 10.2 Å². The summed E-state index contributed by atoms with van der Waals surface area (Å²) >= 11 is 0. The first kappa shape index (κ1) is 15.5. The molecule has 112 valence electrons. The van der Waals surface area contributed by atoms with E-state index < -0.39 is 8.32 Å². The molecule has 1 heterocycles. The van der Waals surface area contributed by atoms with Gasteiger partial charge in [-0.05, 0) is 43.8 Å². The fraction of sp³-hybridized carbons (Fsp3) is 0.625. The summed E-state index contributed by atoms with van der Waals surface area (Å²) in [5.74, 6) is 1.02. The number of rotatable bonds is 5. The molecule has 0 bridgehead atoms. The summed E-state index contributed by atoms with van der Waals surface area (Å²) in [7, 11) is -1.50. The molecule has 1 fully saturated rings. The number of nitrogens with one attached hydrogen (secondary N) is 1. The van der Waals surface area contributed by atoms with Crippen LogP contribution in [-0.4, -0.2) is 39.4 Å². The Morgan fingerprint density at radius 2 is 1.75 bits per heavy atom. The number of nitrogens with zero attached hydrogens (tertiary/aromatic N) is 1. The molecule has 0 spiro atoms. The van der Waals surface area contributed by atoms with Crippen LogP contribution >= 0.6 is 0 Å². The first-order chi connectivity index (χ1) is 9.49. The van der Waals surface area contributed by atoms with E-state index in [2.05, 4.69) is 61.0 Å². The molecule has 0 aliphatic carbocycles. The standard InChI is InChI=1S/C16H28N2OSi/c1-5-16(18-12-10-17-11-13-18)14-6-8-15(9-7-14)19-20(2,3)4/h6-9,16-17H,5,10-13H2,1-4H3/t16-/m1/s1. The highest BCUT2D eigenvalue weighted by atomic mass is 28.4. The van der Waals surface area contributed by atoms with Crippen molar-refractivity contribution >= 4 is 8.32 Å². The van der Waals surface area contributed by atoms with E-state index in [-0.39, 0.29) is 0 Å². The van der Waals surface area contributed by atoms with Gasteiger partial charge >= 0.3 is 0 Å². The molecule has 3 nitrogen and oxygen atoms in total. The molecule has 1 N–H and O–H groups in total. The maximum atomic E-state index is 6.03. The van der Waals surface area contributed by atoms with E-state index in [4.69, 9.17) is 4.43 Å². The normalized spacial score (nSPS) is 18.8. The lowest BCUT2D eigenvalue weighted by Crippen LogP contribution is -2.45. The summed E-state index contributed by atoms with van der Waals surface area (Å²) in [6.07, 6.45) is 1.16. The minimum absolute atomic E-state index is 0.540. The van der Waals surface area contributed by atoms with Crippen molar-refractivity contribution in [3.8, 4) is 5.75 Å². The number of piperazine rings is 1. The Bertz CT molecular complexity index is 407. The van der Waals surface area contributed by atoms with Gasteiger partial charge in [0.1, 0.15) is 5.75 Å². The molecule has 1 aliphatic rings. The smallest absolute Gasteiger partial charge is 0.242 e. The first-order valence-electron chi connectivity index (χ1n) is 7.73. The highest BCUT2D eigenvalue weighted by molar-refractivity contribution is 6.70. The van der Waals surface area contributed by atoms with E-state index in [9.17, 15) is 0 Å². The van der Waals surface area contributed by atoms with E-state index in [1.807, 2.05) is 0 Å². The molecule has 1 saturated heterocycles. The van der Waals surface area contributed by atoms with Crippen LogP contribution in [0.25, 0.3) is 0 Å². The van der Waals surface area contributed by atoms with Crippen molar-refractivity contribution < 1.29 is 4.43 Å². The Hall–Kier alpha value is -0.843. The Morgan fingerprint density at radius 1 is 1.15 bits per heavy atom. The van der Waals surface area contributed by atoms with Crippen LogP contribution in [0.5, 0.6) is 5.75 Å². The Balaban J connectivity index is 2.06. The van der Waals surface area contributed by atoms with E-state index in [1.54, 1.807) is 0 Å². The highest BCUT2D eigenvalue weighted by Gasteiger charge is 2.21. The second kappa shape index (κ2) is 6.74. The molecular formula is C16H28N2OSi. The number of hydrogen-bond donors (Lipinski definition) is 1. The molecule has 20 heavy (non-hydrogen) atoms. The second-order valence-corrected chi connectivity index (χ2v) is 10.9. The summed E-state index contributed by atoms with van der Waals surface area (Å²) in [6.45, 7) is 13.4. The molecule has 0 aromatic heterocycles. The summed E-state index contributed by atoms with van der Waals surface area (Å²) in [5.41, 5.74) is 1.41. The maximum Gasteiger partial charge on any atom is 0.242 e. The van der Waals surface area contributed by atoms with Crippen LogP contribution in [0.4, 0.5) is 0 Å². The third-order valence-corrected chi connectivity index (χ3v) is 4.52. The minimum atomic E-state index is -1.50. The SMILES string of the molecule is CC[C@H](c1ccc(O[Si](C)(C)C)cc1)N1CCNCC1. The summed E-state index contributed by atoms with van der Waals surface area (Å²) in [6, 6.07) is 9.30. The zero-order valence-electron chi connectivity index (χ0n) is 13.3. The molecule has 1 aromatic carbocycles. The van der Waals surface area contributed by atoms with Crippen molar-refractivity contribution in [2.45, 2.75) is 39.0 Å². The minimum Gasteiger partial charge on any atom is -0.544 e. The van der Waals surface area contributed by atoms with Crippen molar-refractivity contribution in [2.24, 2.45) is 0 Å². The zero-order chi connectivity index (χ0) is 14.6. The fourth-order valence-corrected chi connectivity index (χ4v) is 3.65. The van der Waals surface area contributed by atoms with Gasteiger partial charge in [-0.15, -0.1) is 0 Å². The van der Waals surface area contributed by atoms with Gasteiger partial charge in [0.05, 0.1) is 0 Å². The molecule has 0 radical (unpaired) electrons. The summed E-state index contributed by atoms with van der Waals surface area (Å²) < 4.78 is 6.03. The van der Waals surface area contributed by atoms with Gasteiger partial charge in [-0.3, -0.25) is 4.90 Å². The van der Waals surface area contributed by atoms with Crippen LogP contribution in [0.15, 0.2) is 24.3 Å². The van der Waals surface area contributed by atoms with E-state index in [0.717, 1.165) is 38.3 Å². The highest BCUT2D eigenvalue weighted by Crippen LogP contribution is 2.27. The average molecular weight is 292 g/mol. The van der Waals surface area contributed by atoms with E-state index in [1.165, 1.54) is 5.56 Å². The van der Waals surface area contributed by atoms with Gasteiger partial charge in [0.25, 0.3) is 0 Å². The Morgan fingerprint density at radius 3 is 2.25 bits per heavy atom. The third-order valence-electron chi connectivity index (χ3n) is 3.67. The van der Waals surface area contributed by atoms with Gasteiger partial charge in [-0.1, -0.05) is 19.1 Å². The largest absolute Gasteiger partial charge is 0.544 e. The third kappa shape index (κ3) is 4.33. The first-order valence-corrected chi connectivity index (χ1v) is 11.1. The van der Waals surface area contributed by atoms with Gasteiger partial charge in [0, 0.05) is 32.2 Å². The molecule has 0 unspecified atom stereocenters. The Labute approximate surface area is 124 Å². The molecule has 1 aromatic rings.